The molecule has 2 aromatic carbocycles. The predicted molar refractivity (Wildman–Crippen MR) is 104 cm³/mol. The van der Waals surface area contributed by atoms with E-state index in [0.717, 1.165) is 22.3 Å². The highest BCUT2D eigenvalue weighted by molar-refractivity contribution is 6.01. The standard InChI is InChI=1S/C22H27NO3/c1-14-10-11-19(12-16(14)3)22(25)18(5)23(6)21(24)13-26-20-9-7-8-15(2)17(20)4/h7-12,18H,13H2,1-6H3. The van der Waals surface area contributed by atoms with Gasteiger partial charge in [-0.2, -0.15) is 0 Å². The van der Waals surface area contributed by atoms with Gasteiger partial charge in [0.05, 0.1) is 6.04 Å². The van der Waals surface area contributed by atoms with Gasteiger partial charge in [-0.25, -0.2) is 0 Å². The van der Waals surface area contributed by atoms with Gasteiger partial charge in [-0.3, -0.25) is 9.59 Å². The Morgan fingerprint density at radius 3 is 2.35 bits per heavy atom. The number of hydrogen-bond acceptors (Lipinski definition) is 3. The van der Waals surface area contributed by atoms with Crippen molar-refractivity contribution in [3.05, 3.63) is 64.2 Å². The van der Waals surface area contributed by atoms with Crippen LogP contribution in [-0.2, 0) is 4.79 Å². The molecule has 0 aromatic heterocycles. The van der Waals surface area contributed by atoms with E-state index in [4.69, 9.17) is 4.74 Å². The molecule has 4 heteroatoms. The zero-order valence-corrected chi connectivity index (χ0v) is 16.4. The van der Waals surface area contributed by atoms with Crippen LogP contribution in [0.2, 0.25) is 0 Å². The Labute approximate surface area is 155 Å². The van der Waals surface area contributed by atoms with E-state index >= 15 is 0 Å². The first-order chi connectivity index (χ1) is 12.2. The molecule has 0 fully saturated rings. The molecule has 0 bridgehead atoms. The van der Waals surface area contributed by atoms with E-state index in [0.29, 0.717) is 11.3 Å². The number of hydrogen-bond donors (Lipinski definition) is 0. The van der Waals surface area contributed by atoms with Gasteiger partial charge in [0.15, 0.2) is 12.4 Å². The number of nitrogens with zero attached hydrogens (tertiary/aromatic N) is 1. The molecule has 26 heavy (non-hydrogen) atoms. The number of amides is 1. The quantitative estimate of drug-likeness (QED) is 0.737. The van der Waals surface area contributed by atoms with Crippen LogP contribution >= 0.6 is 0 Å². The third kappa shape index (κ3) is 4.31. The van der Waals surface area contributed by atoms with Crippen LogP contribution in [0.3, 0.4) is 0 Å². The number of ketones is 1. The van der Waals surface area contributed by atoms with Crippen LogP contribution in [0.1, 0.15) is 39.5 Å². The lowest BCUT2D eigenvalue weighted by molar-refractivity contribution is -0.133. The third-order valence-electron chi connectivity index (χ3n) is 5.05. The van der Waals surface area contributed by atoms with E-state index < -0.39 is 6.04 Å². The number of carbonyl (C=O) groups excluding carboxylic acids is 2. The molecule has 0 aliphatic carbocycles. The minimum absolute atomic E-state index is 0.0734. The fourth-order valence-corrected chi connectivity index (χ4v) is 2.65. The van der Waals surface area contributed by atoms with Crippen molar-refractivity contribution in [3.8, 4) is 5.75 Å². The molecular weight excluding hydrogens is 326 g/mol. The molecule has 0 heterocycles. The van der Waals surface area contributed by atoms with Crippen LogP contribution in [0, 0.1) is 27.7 Å². The molecule has 0 saturated carbocycles. The van der Waals surface area contributed by atoms with Crippen molar-refractivity contribution in [2.45, 2.75) is 40.7 Å². The summed E-state index contributed by atoms with van der Waals surface area (Å²) in [7, 11) is 1.64. The SMILES string of the molecule is Cc1ccc(C(=O)C(C)N(C)C(=O)COc2cccc(C)c2C)cc1C. The van der Waals surface area contributed by atoms with Gasteiger partial charge in [-0.05, 0) is 69.0 Å². The summed E-state index contributed by atoms with van der Waals surface area (Å²) in [6, 6.07) is 10.8. The van der Waals surface area contributed by atoms with Crippen molar-refractivity contribution in [2.75, 3.05) is 13.7 Å². The van der Waals surface area contributed by atoms with Gasteiger partial charge >= 0.3 is 0 Å². The lowest BCUT2D eigenvalue weighted by atomic mass is 10.00. The number of ether oxygens (including phenoxy) is 1. The Morgan fingerprint density at radius 2 is 1.69 bits per heavy atom. The first kappa shape index (κ1) is 19.7. The molecule has 0 radical (unpaired) electrons. The van der Waals surface area contributed by atoms with Crippen molar-refractivity contribution >= 4 is 11.7 Å². The molecular formula is C22H27NO3. The molecule has 1 amide bonds. The molecule has 0 aliphatic heterocycles. The number of rotatable bonds is 6. The van der Waals surface area contributed by atoms with Gasteiger partial charge in [0.2, 0.25) is 0 Å². The van der Waals surface area contributed by atoms with E-state index in [9.17, 15) is 9.59 Å². The number of benzene rings is 2. The predicted octanol–water partition coefficient (Wildman–Crippen LogP) is 4.03. The molecule has 0 spiro atoms. The van der Waals surface area contributed by atoms with Gasteiger partial charge in [-0.15, -0.1) is 0 Å². The second-order valence-corrected chi connectivity index (χ2v) is 6.83. The van der Waals surface area contributed by atoms with Crippen molar-refractivity contribution < 1.29 is 14.3 Å². The topological polar surface area (TPSA) is 46.6 Å². The largest absolute Gasteiger partial charge is 0.483 e. The van der Waals surface area contributed by atoms with E-state index in [-0.39, 0.29) is 18.3 Å². The summed E-state index contributed by atoms with van der Waals surface area (Å²) in [5.41, 5.74) is 4.95. The van der Waals surface area contributed by atoms with Gasteiger partial charge in [-0.1, -0.05) is 24.3 Å². The average molecular weight is 353 g/mol. The Morgan fingerprint density at radius 1 is 1.00 bits per heavy atom. The summed E-state index contributed by atoms with van der Waals surface area (Å²) in [6.45, 7) is 9.60. The Kier molecular flexibility index (Phi) is 6.19. The average Bonchev–Trinajstić information content (AvgIpc) is 2.63. The lowest BCUT2D eigenvalue weighted by Crippen LogP contribution is -2.42. The van der Waals surface area contributed by atoms with Gasteiger partial charge in [0.25, 0.3) is 5.91 Å². The number of aryl methyl sites for hydroxylation is 3. The molecule has 4 nitrogen and oxygen atoms in total. The molecule has 0 saturated heterocycles. The van der Waals surface area contributed by atoms with E-state index in [1.165, 1.54) is 4.90 Å². The zero-order chi connectivity index (χ0) is 19.4. The van der Waals surface area contributed by atoms with Crippen LogP contribution in [-0.4, -0.2) is 36.3 Å². The maximum absolute atomic E-state index is 12.7. The zero-order valence-electron chi connectivity index (χ0n) is 16.4. The van der Waals surface area contributed by atoms with Crippen LogP contribution in [0.15, 0.2) is 36.4 Å². The summed E-state index contributed by atoms with van der Waals surface area (Å²) in [5, 5.41) is 0. The Bertz CT molecular complexity index is 826. The van der Waals surface area contributed by atoms with Crippen LogP contribution in [0.25, 0.3) is 0 Å². The number of likely N-dealkylation sites (N-methyl/N-ethyl adjacent to an activating group) is 1. The summed E-state index contributed by atoms with van der Waals surface area (Å²) in [6.07, 6.45) is 0. The van der Waals surface area contributed by atoms with Crippen LogP contribution < -0.4 is 4.74 Å². The summed E-state index contributed by atoms with van der Waals surface area (Å²) in [5.74, 6) is 0.395. The van der Waals surface area contributed by atoms with Gasteiger partial charge < -0.3 is 9.64 Å². The Hall–Kier alpha value is -2.62. The van der Waals surface area contributed by atoms with Gasteiger partial charge in [0.1, 0.15) is 5.75 Å². The smallest absolute Gasteiger partial charge is 0.260 e. The summed E-state index contributed by atoms with van der Waals surface area (Å²) < 4.78 is 5.67. The first-order valence-electron chi connectivity index (χ1n) is 8.78. The molecule has 1 atom stereocenters. The third-order valence-corrected chi connectivity index (χ3v) is 5.05. The normalized spacial score (nSPS) is 11.8. The lowest BCUT2D eigenvalue weighted by Gasteiger charge is -2.24. The van der Waals surface area contributed by atoms with Crippen molar-refractivity contribution in [1.29, 1.82) is 0 Å². The second-order valence-electron chi connectivity index (χ2n) is 6.83. The first-order valence-corrected chi connectivity index (χ1v) is 8.78. The maximum Gasteiger partial charge on any atom is 0.260 e. The van der Waals surface area contributed by atoms with Crippen molar-refractivity contribution in [3.63, 3.8) is 0 Å². The van der Waals surface area contributed by atoms with Crippen molar-refractivity contribution in [1.82, 2.24) is 4.90 Å². The highest BCUT2D eigenvalue weighted by atomic mass is 16.5. The fourth-order valence-electron chi connectivity index (χ4n) is 2.65. The monoisotopic (exact) mass is 353 g/mol. The summed E-state index contributed by atoms with van der Waals surface area (Å²) >= 11 is 0. The number of Topliss-reactive ketones (excluding diaryl/α,β-unsaturated/α-hetero) is 1. The maximum atomic E-state index is 12.7. The van der Waals surface area contributed by atoms with Gasteiger partial charge in [0, 0.05) is 12.6 Å². The minimum atomic E-state index is -0.549. The fraction of sp³-hybridized carbons (Fsp3) is 0.364. The highest BCUT2D eigenvalue weighted by Crippen LogP contribution is 2.20. The molecule has 0 N–H and O–H groups in total. The molecule has 1 unspecified atom stereocenters. The number of carbonyl (C=O) groups is 2. The van der Waals surface area contributed by atoms with E-state index in [1.807, 2.05) is 64.1 Å². The highest BCUT2D eigenvalue weighted by Gasteiger charge is 2.24. The molecule has 2 rings (SSSR count). The van der Waals surface area contributed by atoms with Crippen LogP contribution in [0.4, 0.5) is 0 Å². The summed E-state index contributed by atoms with van der Waals surface area (Å²) in [4.78, 5) is 26.6. The van der Waals surface area contributed by atoms with Crippen LogP contribution in [0.5, 0.6) is 5.75 Å². The van der Waals surface area contributed by atoms with Crippen molar-refractivity contribution in [2.24, 2.45) is 0 Å². The minimum Gasteiger partial charge on any atom is -0.483 e. The molecule has 2 aromatic rings. The Balaban J connectivity index is 2.03. The van der Waals surface area contributed by atoms with E-state index in [2.05, 4.69) is 0 Å². The molecule has 138 valence electrons. The van der Waals surface area contributed by atoms with E-state index in [1.54, 1.807) is 14.0 Å². The molecule has 0 aliphatic rings. The second kappa shape index (κ2) is 8.17.